The SMILES string of the molecule is O=C(O)Cc1ccc([N+](=O)[O-])c(NC(=O)OCc2ccccc2)c1. The predicted octanol–water partition coefficient (Wildman–Crippen LogP) is 2.97. The predicted molar refractivity (Wildman–Crippen MR) is 84.7 cm³/mol. The highest BCUT2D eigenvalue weighted by molar-refractivity contribution is 5.88. The number of carboxylic acids is 1. The Kier molecular flexibility index (Phi) is 5.45. The van der Waals surface area contributed by atoms with Crippen molar-refractivity contribution >= 4 is 23.4 Å². The Morgan fingerprint density at radius 2 is 1.83 bits per heavy atom. The van der Waals surface area contributed by atoms with Gasteiger partial charge in [-0.25, -0.2) is 4.79 Å². The number of carbonyl (C=O) groups is 2. The maximum atomic E-state index is 11.8. The maximum absolute atomic E-state index is 11.8. The lowest BCUT2D eigenvalue weighted by Gasteiger charge is -2.09. The molecule has 1 amide bonds. The van der Waals surface area contributed by atoms with Gasteiger partial charge in [0.2, 0.25) is 0 Å². The fourth-order valence-electron chi connectivity index (χ4n) is 2.00. The molecular formula is C16H14N2O6. The van der Waals surface area contributed by atoms with E-state index in [4.69, 9.17) is 9.84 Å². The van der Waals surface area contributed by atoms with Gasteiger partial charge in [-0.3, -0.25) is 20.2 Å². The van der Waals surface area contributed by atoms with Crippen LogP contribution in [0.5, 0.6) is 0 Å². The van der Waals surface area contributed by atoms with Crippen LogP contribution < -0.4 is 5.32 Å². The summed E-state index contributed by atoms with van der Waals surface area (Å²) in [5, 5.41) is 22.1. The Hall–Kier alpha value is -3.42. The number of amides is 1. The number of nitrogens with zero attached hydrogens (tertiary/aromatic N) is 1. The Bertz CT molecular complexity index is 760. The molecule has 2 aromatic carbocycles. The third-order valence-corrected chi connectivity index (χ3v) is 3.06. The monoisotopic (exact) mass is 330 g/mol. The largest absolute Gasteiger partial charge is 0.481 e. The van der Waals surface area contributed by atoms with Crippen LogP contribution in [0, 0.1) is 10.1 Å². The average Bonchev–Trinajstić information content (AvgIpc) is 2.53. The van der Waals surface area contributed by atoms with Gasteiger partial charge in [-0.1, -0.05) is 36.4 Å². The Morgan fingerprint density at radius 3 is 2.46 bits per heavy atom. The molecule has 0 aliphatic heterocycles. The lowest BCUT2D eigenvalue weighted by Crippen LogP contribution is -2.15. The van der Waals surface area contributed by atoms with Crippen molar-refractivity contribution in [2.24, 2.45) is 0 Å². The molecule has 0 bridgehead atoms. The van der Waals surface area contributed by atoms with Crippen molar-refractivity contribution in [3.05, 3.63) is 69.8 Å². The van der Waals surface area contributed by atoms with Crippen molar-refractivity contribution < 1.29 is 24.4 Å². The second kappa shape index (κ2) is 7.73. The molecule has 0 fully saturated rings. The number of aliphatic carboxylic acids is 1. The summed E-state index contributed by atoms with van der Waals surface area (Å²) in [6, 6.07) is 12.6. The average molecular weight is 330 g/mol. The standard InChI is InChI=1S/C16H14N2O6/c19-15(20)9-12-6-7-14(18(22)23)13(8-12)17-16(21)24-10-11-4-2-1-3-5-11/h1-8H,9-10H2,(H,17,21)(H,19,20). The summed E-state index contributed by atoms with van der Waals surface area (Å²) in [6.07, 6.45) is -1.18. The van der Waals surface area contributed by atoms with Crippen molar-refractivity contribution in [1.82, 2.24) is 0 Å². The number of benzene rings is 2. The lowest BCUT2D eigenvalue weighted by molar-refractivity contribution is -0.383. The van der Waals surface area contributed by atoms with Gasteiger partial charge in [0.1, 0.15) is 12.3 Å². The van der Waals surface area contributed by atoms with Crippen LogP contribution in [0.2, 0.25) is 0 Å². The number of carboxylic acid groups (broad SMARTS) is 1. The first-order valence-corrected chi connectivity index (χ1v) is 6.92. The van der Waals surface area contributed by atoms with E-state index in [9.17, 15) is 19.7 Å². The van der Waals surface area contributed by atoms with Crippen LogP contribution in [0.4, 0.5) is 16.2 Å². The summed E-state index contributed by atoms with van der Waals surface area (Å²) in [6.45, 7) is 0.00921. The number of hydrogen-bond acceptors (Lipinski definition) is 5. The summed E-state index contributed by atoms with van der Waals surface area (Å²) < 4.78 is 5.00. The molecule has 124 valence electrons. The number of nitrogens with one attached hydrogen (secondary N) is 1. The molecule has 2 rings (SSSR count). The molecule has 0 aromatic heterocycles. The maximum Gasteiger partial charge on any atom is 0.412 e. The zero-order valence-electron chi connectivity index (χ0n) is 12.5. The normalized spacial score (nSPS) is 10.0. The van der Waals surface area contributed by atoms with Gasteiger partial charge in [-0.2, -0.15) is 0 Å². The molecule has 0 saturated carbocycles. The molecule has 2 N–H and O–H groups in total. The third kappa shape index (κ3) is 4.80. The second-order valence-corrected chi connectivity index (χ2v) is 4.87. The molecule has 0 atom stereocenters. The zero-order chi connectivity index (χ0) is 17.5. The number of hydrogen-bond donors (Lipinski definition) is 2. The van der Waals surface area contributed by atoms with Gasteiger partial charge < -0.3 is 9.84 Å². The first-order chi connectivity index (χ1) is 11.5. The van der Waals surface area contributed by atoms with Crippen molar-refractivity contribution in [1.29, 1.82) is 0 Å². The zero-order valence-corrected chi connectivity index (χ0v) is 12.5. The summed E-state index contributed by atoms with van der Waals surface area (Å²) in [5.74, 6) is -1.08. The number of nitro benzene ring substituents is 1. The Balaban J connectivity index is 2.09. The van der Waals surface area contributed by atoms with Crippen LogP contribution in [0.3, 0.4) is 0 Å². The highest BCUT2D eigenvalue weighted by Gasteiger charge is 2.18. The van der Waals surface area contributed by atoms with Crippen molar-refractivity contribution in [3.8, 4) is 0 Å². The third-order valence-electron chi connectivity index (χ3n) is 3.06. The van der Waals surface area contributed by atoms with Crippen LogP contribution in [0.1, 0.15) is 11.1 Å². The smallest absolute Gasteiger partial charge is 0.412 e. The fourth-order valence-corrected chi connectivity index (χ4v) is 2.00. The quantitative estimate of drug-likeness (QED) is 0.621. The molecule has 0 heterocycles. The molecule has 0 unspecified atom stereocenters. The topological polar surface area (TPSA) is 119 Å². The van der Waals surface area contributed by atoms with Gasteiger partial charge in [0.25, 0.3) is 5.69 Å². The highest BCUT2D eigenvalue weighted by atomic mass is 16.6. The molecule has 8 heteroatoms. The first kappa shape index (κ1) is 16.9. The van der Waals surface area contributed by atoms with E-state index in [1.54, 1.807) is 24.3 Å². The van der Waals surface area contributed by atoms with Crippen molar-refractivity contribution in [2.45, 2.75) is 13.0 Å². The molecule has 24 heavy (non-hydrogen) atoms. The van der Waals surface area contributed by atoms with Crippen LogP contribution in [-0.2, 0) is 22.6 Å². The van der Waals surface area contributed by atoms with E-state index in [2.05, 4.69) is 5.32 Å². The van der Waals surface area contributed by atoms with Crippen LogP contribution in [0.25, 0.3) is 0 Å². The van der Waals surface area contributed by atoms with E-state index in [-0.39, 0.29) is 24.4 Å². The van der Waals surface area contributed by atoms with Gasteiger partial charge in [0.05, 0.1) is 11.3 Å². The van der Waals surface area contributed by atoms with Gasteiger partial charge in [-0.05, 0) is 17.2 Å². The highest BCUT2D eigenvalue weighted by Crippen LogP contribution is 2.26. The molecule has 0 spiro atoms. The molecule has 0 aliphatic carbocycles. The fraction of sp³-hybridized carbons (Fsp3) is 0.125. The van der Waals surface area contributed by atoms with Gasteiger partial charge >= 0.3 is 12.1 Å². The number of nitro groups is 1. The van der Waals surface area contributed by atoms with E-state index < -0.39 is 17.0 Å². The molecule has 0 saturated heterocycles. The van der Waals surface area contributed by atoms with E-state index in [0.717, 1.165) is 11.6 Å². The van der Waals surface area contributed by atoms with E-state index >= 15 is 0 Å². The van der Waals surface area contributed by atoms with Crippen LogP contribution in [0.15, 0.2) is 48.5 Å². The van der Waals surface area contributed by atoms with Crippen LogP contribution >= 0.6 is 0 Å². The Morgan fingerprint density at radius 1 is 1.12 bits per heavy atom. The van der Waals surface area contributed by atoms with Crippen molar-refractivity contribution in [2.75, 3.05) is 5.32 Å². The summed E-state index contributed by atoms with van der Waals surface area (Å²) >= 11 is 0. The van der Waals surface area contributed by atoms with Gasteiger partial charge in [0, 0.05) is 6.07 Å². The molecule has 8 nitrogen and oxygen atoms in total. The summed E-state index contributed by atoms with van der Waals surface area (Å²) in [5.41, 5.74) is 0.630. The van der Waals surface area contributed by atoms with Crippen LogP contribution in [-0.4, -0.2) is 22.1 Å². The number of carbonyl (C=O) groups excluding carboxylic acids is 1. The second-order valence-electron chi connectivity index (χ2n) is 4.87. The van der Waals surface area contributed by atoms with E-state index in [0.29, 0.717) is 5.56 Å². The minimum atomic E-state index is -1.08. The minimum Gasteiger partial charge on any atom is -0.481 e. The van der Waals surface area contributed by atoms with Gasteiger partial charge in [-0.15, -0.1) is 0 Å². The number of ether oxygens (including phenoxy) is 1. The molecule has 2 aromatic rings. The molecule has 0 aliphatic rings. The minimum absolute atomic E-state index is 0.00921. The summed E-state index contributed by atoms with van der Waals surface area (Å²) in [4.78, 5) is 32.9. The number of rotatable bonds is 6. The van der Waals surface area contributed by atoms with Crippen molar-refractivity contribution in [3.63, 3.8) is 0 Å². The molecular weight excluding hydrogens is 316 g/mol. The molecule has 0 radical (unpaired) electrons. The van der Waals surface area contributed by atoms with E-state index in [1.807, 2.05) is 6.07 Å². The number of anilines is 1. The summed E-state index contributed by atoms with van der Waals surface area (Å²) in [7, 11) is 0. The Labute approximate surface area is 136 Å². The van der Waals surface area contributed by atoms with E-state index in [1.165, 1.54) is 12.1 Å². The lowest BCUT2D eigenvalue weighted by atomic mass is 10.1. The van der Waals surface area contributed by atoms with Gasteiger partial charge in [0.15, 0.2) is 0 Å². The first-order valence-electron chi connectivity index (χ1n) is 6.92.